The van der Waals surface area contributed by atoms with Crippen LogP contribution in [0.25, 0.3) is 0 Å². The molecule has 1 aliphatic rings. The molecule has 0 unspecified atom stereocenters. The lowest BCUT2D eigenvalue weighted by atomic mass is 9.94. The number of hydrogen-bond donors (Lipinski definition) is 3. The van der Waals surface area contributed by atoms with Crippen LogP contribution in [0.4, 0.5) is 21.5 Å². The van der Waals surface area contributed by atoms with Crippen molar-refractivity contribution in [3.8, 4) is 0 Å². The predicted molar refractivity (Wildman–Crippen MR) is 104 cm³/mol. The first-order valence-electron chi connectivity index (χ1n) is 8.58. The van der Waals surface area contributed by atoms with Crippen LogP contribution in [-0.2, 0) is 21.2 Å². The Hall–Kier alpha value is -2.61. The Balaban J connectivity index is 1.71. The van der Waals surface area contributed by atoms with Crippen LogP contribution in [0.2, 0.25) is 0 Å². The van der Waals surface area contributed by atoms with Gasteiger partial charge in [0.05, 0.1) is 10.3 Å². The number of hydrogen-bond acceptors (Lipinski definition) is 4. The van der Waals surface area contributed by atoms with Crippen molar-refractivity contribution in [1.82, 2.24) is 0 Å². The van der Waals surface area contributed by atoms with Crippen LogP contribution in [-0.4, -0.2) is 27.5 Å². The first kappa shape index (κ1) is 19.2. The molecule has 0 spiro atoms. The van der Waals surface area contributed by atoms with Crippen LogP contribution in [0.1, 0.15) is 19.4 Å². The second-order valence-corrected chi connectivity index (χ2v) is 8.83. The lowest BCUT2D eigenvalue weighted by Crippen LogP contribution is -2.32. The van der Waals surface area contributed by atoms with Crippen molar-refractivity contribution < 1.29 is 17.6 Å². The number of anilines is 3. The molecule has 0 aliphatic carbocycles. The van der Waals surface area contributed by atoms with E-state index in [0.717, 1.165) is 24.2 Å². The summed E-state index contributed by atoms with van der Waals surface area (Å²) in [6.07, 6.45) is 0.794. The minimum absolute atomic E-state index is 0.201. The van der Waals surface area contributed by atoms with E-state index >= 15 is 0 Å². The maximum atomic E-state index is 12.9. The second-order valence-electron chi connectivity index (χ2n) is 7.15. The van der Waals surface area contributed by atoms with Gasteiger partial charge in [-0.3, -0.25) is 9.52 Å². The SMILES string of the molecule is CC(C)(CF)C(=O)Nc1ccc(NS(=O)(=O)c2ccc3c(c2)CCN3)cc1. The molecule has 2 aromatic rings. The van der Waals surface area contributed by atoms with Crippen molar-refractivity contribution >= 4 is 33.0 Å². The van der Waals surface area contributed by atoms with Gasteiger partial charge in [0.15, 0.2) is 0 Å². The number of carbonyl (C=O) groups excluding carboxylic acids is 1. The monoisotopic (exact) mass is 391 g/mol. The molecular weight excluding hydrogens is 369 g/mol. The number of alkyl halides is 1. The third-order valence-electron chi connectivity index (χ3n) is 4.44. The molecule has 0 bridgehead atoms. The highest BCUT2D eigenvalue weighted by Gasteiger charge is 2.27. The van der Waals surface area contributed by atoms with Crippen molar-refractivity contribution in [2.75, 3.05) is 28.6 Å². The van der Waals surface area contributed by atoms with Crippen molar-refractivity contribution in [2.45, 2.75) is 25.2 Å². The van der Waals surface area contributed by atoms with Gasteiger partial charge in [-0.05, 0) is 68.3 Å². The van der Waals surface area contributed by atoms with E-state index in [1.807, 2.05) is 0 Å². The summed E-state index contributed by atoms with van der Waals surface area (Å²) in [5.74, 6) is -0.440. The predicted octanol–water partition coefficient (Wildman–Crippen LogP) is 3.39. The summed E-state index contributed by atoms with van der Waals surface area (Å²) >= 11 is 0. The molecule has 0 radical (unpaired) electrons. The van der Waals surface area contributed by atoms with Gasteiger partial charge in [-0.2, -0.15) is 0 Å². The number of halogens is 1. The minimum Gasteiger partial charge on any atom is -0.384 e. The Morgan fingerprint density at radius 1 is 1.15 bits per heavy atom. The molecule has 3 rings (SSSR count). The van der Waals surface area contributed by atoms with Crippen LogP contribution < -0.4 is 15.4 Å². The summed E-state index contributed by atoms with van der Waals surface area (Å²) in [5.41, 5.74) is 1.66. The molecule has 144 valence electrons. The molecule has 1 amide bonds. The Bertz CT molecular complexity index is 957. The number of nitrogens with one attached hydrogen (secondary N) is 3. The third kappa shape index (κ3) is 4.21. The average Bonchev–Trinajstić information content (AvgIpc) is 3.11. The topological polar surface area (TPSA) is 87.3 Å². The third-order valence-corrected chi connectivity index (χ3v) is 5.82. The zero-order chi connectivity index (χ0) is 19.7. The smallest absolute Gasteiger partial charge is 0.261 e. The molecule has 1 heterocycles. The number of sulfonamides is 1. The van der Waals surface area contributed by atoms with Crippen LogP contribution in [0.3, 0.4) is 0 Å². The summed E-state index contributed by atoms with van der Waals surface area (Å²) in [6.45, 7) is 3.06. The van der Waals surface area contributed by atoms with Crippen LogP contribution in [0, 0.1) is 5.41 Å². The first-order valence-corrected chi connectivity index (χ1v) is 10.1. The average molecular weight is 391 g/mol. The van der Waals surface area contributed by atoms with E-state index in [9.17, 15) is 17.6 Å². The van der Waals surface area contributed by atoms with Gasteiger partial charge < -0.3 is 10.6 Å². The number of rotatable bonds is 6. The Morgan fingerprint density at radius 2 is 1.81 bits per heavy atom. The van der Waals surface area contributed by atoms with Crippen molar-refractivity contribution in [2.24, 2.45) is 5.41 Å². The lowest BCUT2D eigenvalue weighted by molar-refractivity contribution is -0.124. The van der Waals surface area contributed by atoms with Crippen LogP contribution in [0.5, 0.6) is 0 Å². The number of benzene rings is 2. The Kier molecular flexibility index (Phi) is 5.10. The Morgan fingerprint density at radius 3 is 2.48 bits per heavy atom. The number of carbonyl (C=O) groups is 1. The highest BCUT2D eigenvalue weighted by molar-refractivity contribution is 7.92. The van der Waals surface area contributed by atoms with Gasteiger partial charge in [0.25, 0.3) is 10.0 Å². The largest absolute Gasteiger partial charge is 0.384 e. The van der Waals surface area contributed by atoms with Gasteiger partial charge in [-0.25, -0.2) is 12.8 Å². The molecule has 0 atom stereocenters. The maximum Gasteiger partial charge on any atom is 0.261 e. The van der Waals surface area contributed by atoms with Crippen molar-refractivity contribution in [1.29, 1.82) is 0 Å². The summed E-state index contributed by atoms with van der Waals surface area (Å²) < 4.78 is 40.6. The highest BCUT2D eigenvalue weighted by Crippen LogP contribution is 2.27. The summed E-state index contributed by atoms with van der Waals surface area (Å²) in [4.78, 5) is 12.2. The van der Waals surface area contributed by atoms with E-state index < -0.39 is 28.0 Å². The fourth-order valence-corrected chi connectivity index (χ4v) is 3.75. The minimum atomic E-state index is -3.71. The zero-order valence-corrected chi connectivity index (χ0v) is 16.0. The van der Waals surface area contributed by atoms with Crippen molar-refractivity contribution in [3.05, 3.63) is 48.0 Å². The summed E-state index contributed by atoms with van der Waals surface area (Å²) in [7, 11) is -3.71. The molecule has 1 aliphatic heterocycles. The molecular formula is C19H22FN3O3S. The van der Waals surface area contributed by atoms with Crippen LogP contribution >= 0.6 is 0 Å². The molecule has 0 saturated heterocycles. The van der Waals surface area contributed by atoms with Gasteiger partial charge in [0.1, 0.15) is 6.67 Å². The molecule has 6 nitrogen and oxygen atoms in total. The van der Waals surface area contributed by atoms with E-state index in [4.69, 9.17) is 0 Å². The molecule has 3 N–H and O–H groups in total. The first-order chi connectivity index (χ1) is 12.7. The van der Waals surface area contributed by atoms with Gasteiger partial charge in [-0.15, -0.1) is 0 Å². The van der Waals surface area contributed by atoms with Gasteiger partial charge >= 0.3 is 0 Å². The molecule has 2 aromatic carbocycles. The highest BCUT2D eigenvalue weighted by atomic mass is 32.2. The van der Waals surface area contributed by atoms with Gasteiger partial charge in [-0.1, -0.05) is 0 Å². The molecule has 0 fully saturated rings. The van der Waals surface area contributed by atoms with Crippen molar-refractivity contribution in [3.63, 3.8) is 0 Å². The lowest BCUT2D eigenvalue weighted by Gasteiger charge is -2.19. The summed E-state index contributed by atoms with van der Waals surface area (Å²) in [6, 6.07) is 11.2. The van der Waals surface area contributed by atoms with E-state index in [2.05, 4.69) is 15.4 Å². The van der Waals surface area contributed by atoms with E-state index in [-0.39, 0.29) is 4.90 Å². The van der Waals surface area contributed by atoms with E-state index in [1.54, 1.807) is 42.5 Å². The van der Waals surface area contributed by atoms with E-state index in [1.165, 1.54) is 13.8 Å². The van der Waals surface area contributed by atoms with E-state index in [0.29, 0.717) is 11.4 Å². The second kappa shape index (κ2) is 7.19. The van der Waals surface area contributed by atoms with Gasteiger partial charge in [0.2, 0.25) is 5.91 Å². The number of fused-ring (bicyclic) bond motifs is 1. The fourth-order valence-electron chi connectivity index (χ4n) is 2.65. The summed E-state index contributed by atoms with van der Waals surface area (Å²) in [5, 5.41) is 5.81. The number of amides is 1. The van der Waals surface area contributed by atoms with Crippen LogP contribution in [0.15, 0.2) is 47.4 Å². The maximum absolute atomic E-state index is 12.9. The molecule has 8 heteroatoms. The molecule has 0 aromatic heterocycles. The standard InChI is InChI=1S/C19H22FN3O3S/c1-19(2,12-20)18(24)22-14-3-5-15(6-4-14)23-27(25,26)16-7-8-17-13(11-16)9-10-21-17/h3-8,11,21,23H,9-10,12H2,1-2H3,(H,22,24). The normalized spacial score (nSPS) is 13.6. The quantitative estimate of drug-likeness (QED) is 0.704. The Labute approximate surface area is 158 Å². The van der Waals surface area contributed by atoms with Gasteiger partial charge in [0, 0.05) is 23.6 Å². The molecule has 0 saturated carbocycles. The zero-order valence-electron chi connectivity index (χ0n) is 15.2. The molecule has 27 heavy (non-hydrogen) atoms. The fraction of sp³-hybridized carbons (Fsp3) is 0.316.